The van der Waals surface area contributed by atoms with Crippen molar-refractivity contribution < 1.29 is 14.7 Å². The highest BCUT2D eigenvalue weighted by atomic mass is 16.3. The van der Waals surface area contributed by atoms with Gasteiger partial charge in [0.25, 0.3) is 0 Å². The van der Waals surface area contributed by atoms with Crippen LogP contribution in [0.1, 0.15) is 32.1 Å². The van der Waals surface area contributed by atoms with Crippen LogP contribution < -0.4 is 10.6 Å². The van der Waals surface area contributed by atoms with Gasteiger partial charge in [0.15, 0.2) is 0 Å². The highest BCUT2D eigenvalue weighted by Crippen LogP contribution is 2.27. The first kappa shape index (κ1) is 12.4. The zero-order valence-corrected chi connectivity index (χ0v) is 9.95. The van der Waals surface area contributed by atoms with Gasteiger partial charge in [-0.05, 0) is 18.8 Å². The zero-order chi connectivity index (χ0) is 12.3. The van der Waals surface area contributed by atoms with Gasteiger partial charge in [-0.3, -0.25) is 9.59 Å². The predicted octanol–water partition coefficient (Wildman–Crippen LogP) is -0.210. The summed E-state index contributed by atoms with van der Waals surface area (Å²) in [7, 11) is 0. The summed E-state index contributed by atoms with van der Waals surface area (Å²) in [6, 6.07) is 0. The lowest BCUT2D eigenvalue weighted by molar-refractivity contribution is -0.127. The Morgan fingerprint density at radius 2 is 2.18 bits per heavy atom. The molecule has 5 nitrogen and oxygen atoms in total. The summed E-state index contributed by atoms with van der Waals surface area (Å²) in [5.74, 6) is -0.126. The molecular weight excluding hydrogens is 220 g/mol. The molecule has 0 aromatic carbocycles. The van der Waals surface area contributed by atoms with Crippen LogP contribution in [0.4, 0.5) is 0 Å². The van der Waals surface area contributed by atoms with Gasteiger partial charge in [-0.2, -0.15) is 0 Å². The van der Waals surface area contributed by atoms with Gasteiger partial charge in [-0.1, -0.05) is 12.8 Å². The highest BCUT2D eigenvalue weighted by Gasteiger charge is 2.29. The lowest BCUT2D eigenvalue weighted by atomic mass is 10.0. The van der Waals surface area contributed by atoms with Crippen molar-refractivity contribution in [2.24, 2.45) is 11.8 Å². The minimum absolute atomic E-state index is 0.0681. The Morgan fingerprint density at radius 1 is 1.47 bits per heavy atom. The van der Waals surface area contributed by atoms with E-state index in [-0.39, 0.29) is 24.2 Å². The van der Waals surface area contributed by atoms with Crippen molar-refractivity contribution in [3.63, 3.8) is 0 Å². The van der Waals surface area contributed by atoms with Crippen LogP contribution in [0.5, 0.6) is 0 Å². The van der Waals surface area contributed by atoms with Gasteiger partial charge >= 0.3 is 0 Å². The van der Waals surface area contributed by atoms with Crippen molar-refractivity contribution in [3.05, 3.63) is 0 Å². The first-order chi connectivity index (χ1) is 8.16. The maximum Gasteiger partial charge on any atom is 0.225 e. The summed E-state index contributed by atoms with van der Waals surface area (Å²) in [5, 5.41) is 15.3. The normalized spacial score (nSPS) is 26.9. The minimum Gasteiger partial charge on any atom is -0.391 e. The standard InChI is InChI=1S/C12H20N2O3/c15-10(8-3-1-2-4-8)7-14-12(17)9-5-11(16)13-6-9/h8-10,15H,1-7H2,(H,13,16)(H,14,17). The molecule has 2 amide bonds. The Labute approximate surface area is 101 Å². The summed E-state index contributed by atoms with van der Waals surface area (Å²) in [6.45, 7) is 0.735. The lowest BCUT2D eigenvalue weighted by Crippen LogP contribution is -2.39. The van der Waals surface area contributed by atoms with Gasteiger partial charge in [0, 0.05) is 19.5 Å². The fourth-order valence-corrected chi connectivity index (χ4v) is 2.65. The Bertz CT molecular complexity index is 300. The summed E-state index contributed by atoms with van der Waals surface area (Å²) in [6.07, 6.45) is 4.30. The summed E-state index contributed by atoms with van der Waals surface area (Å²) in [5.41, 5.74) is 0. The van der Waals surface area contributed by atoms with Crippen molar-refractivity contribution in [2.45, 2.75) is 38.2 Å². The SMILES string of the molecule is O=C1CC(C(=O)NCC(O)C2CCCC2)CN1. The number of rotatable bonds is 4. The van der Waals surface area contributed by atoms with Gasteiger partial charge < -0.3 is 15.7 Å². The molecule has 1 aliphatic heterocycles. The monoisotopic (exact) mass is 240 g/mol. The molecule has 2 atom stereocenters. The lowest BCUT2D eigenvalue weighted by Gasteiger charge is -2.19. The van der Waals surface area contributed by atoms with E-state index >= 15 is 0 Å². The molecule has 17 heavy (non-hydrogen) atoms. The molecule has 0 bridgehead atoms. The van der Waals surface area contributed by atoms with E-state index in [1.54, 1.807) is 0 Å². The Balaban J connectivity index is 1.70. The van der Waals surface area contributed by atoms with Crippen LogP contribution in [-0.2, 0) is 9.59 Å². The third kappa shape index (κ3) is 3.19. The molecule has 2 aliphatic rings. The molecule has 0 spiro atoms. The Morgan fingerprint density at radius 3 is 2.76 bits per heavy atom. The van der Waals surface area contributed by atoms with Crippen molar-refractivity contribution in [1.29, 1.82) is 0 Å². The smallest absolute Gasteiger partial charge is 0.225 e. The molecule has 1 aliphatic carbocycles. The van der Waals surface area contributed by atoms with E-state index in [1.807, 2.05) is 0 Å². The molecule has 0 aromatic heterocycles. The van der Waals surface area contributed by atoms with Gasteiger partial charge in [0.2, 0.25) is 11.8 Å². The Kier molecular flexibility index (Phi) is 3.99. The molecule has 1 heterocycles. The van der Waals surface area contributed by atoms with E-state index in [2.05, 4.69) is 10.6 Å². The molecule has 0 radical (unpaired) electrons. The van der Waals surface area contributed by atoms with Crippen molar-refractivity contribution in [2.75, 3.05) is 13.1 Å². The molecule has 5 heteroatoms. The number of nitrogens with one attached hydrogen (secondary N) is 2. The maximum absolute atomic E-state index is 11.7. The molecular formula is C12H20N2O3. The number of hydrogen-bond acceptors (Lipinski definition) is 3. The number of aliphatic hydroxyl groups excluding tert-OH is 1. The van der Waals surface area contributed by atoms with Gasteiger partial charge in [0.1, 0.15) is 0 Å². The van der Waals surface area contributed by atoms with Crippen molar-refractivity contribution in [1.82, 2.24) is 10.6 Å². The summed E-state index contributed by atoms with van der Waals surface area (Å²) < 4.78 is 0. The van der Waals surface area contributed by atoms with Gasteiger partial charge in [0.05, 0.1) is 12.0 Å². The third-order valence-corrected chi connectivity index (χ3v) is 3.78. The number of carbonyl (C=O) groups is 2. The number of amides is 2. The highest BCUT2D eigenvalue weighted by molar-refractivity contribution is 5.89. The first-order valence-electron chi connectivity index (χ1n) is 6.39. The second-order valence-electron chi connectivity index (χ2n) is 5.06. The molecule has 96 valence electrons. The fourth-order valence-electron chi connectivity index (χ4n) is 2.65. The van der Waals surface area contributed by atoms with Crippen molar-refractivity contribution in [3.8, 4) is 0 Å². The van der Waals surface area contributed by atoms with E-state index in [0.29, 0.717) is 19.0 Å². The fraction of sp³-hybridized carbons (Fsp3) is 0.833. The molecule has 2 unspecified atom stereocenters. The number of hydrogen-bond donors (Lipinski definition) is 3. The minimum atomic E-state index is -0.438. The molecule has 2 rings (SSSR count). The van der Waals surface area contributed by atoms with E-state index < -0.39 is 6.10 Å². The first-order valence-corrected chi connectivity index (χ1v) is 6.39. The van der Waals surface area contributed by atoms with E-state index in [1.165, 1.54) is 12.8 Å². The van der Waals surface area contributed by atoms with Crippen LogP contribution in [-0.4, -0.2) is 36.1 Å². The molecule has 0 aromatic rings. The maximum atomic E-state index is 11.7. The average Bonchev–Trinajstić information content (AvgIpc) is 2.95. The number of aliphatic hydroxyl groups is 1. The third-order valence-electron chi connectivity index (χ3n) is 3.78. The predicted molar refractivity (Wildman–Crippen MR) is 62.1 cm³/mol. The summed E-state index contributed by atoms with van der Waals surface area (Å²) in [4.78, 5) is 22.7. The zero-order valence-electron chi connectivity index (χ0n) is 9.95. The molecule has 3 N–H and O–H groups in total. The van der Waals surface area contributed by atoms with Crippen molar-refractivity contribution >= 4 is 11.8 Å². The van der Waals surface area contributed by atoms with Crippen LogP contribution in [0, 0.1) is 11.8 Å². The molecule has 1 saturated carbocycles. The quantitative estimate of drug-likeness (QED) is 0.636. The van der Waals surface area contributed by atoms with Gasteiger partial charge in [-0.15, -0.1) is 0 Å². The van der Waals surface area contributed by atoms with E-state index in [9.17, 15) is 14.7 Å². The van der Waals surface area contributed by atoms with Crippen LogP contribution in [0.2, 0.25) is 0 Å². The van der Waals surface area contributed by atoms with Crippen LogP contribution in [0.3, 0.4) is 0 Å². The van der Waals surface area contributed by atoms with Crippen LogP contribution in [0.15, 0.2) is 0 Å². The Hall–Kier alpha value is -1.10. The molecule has 2 fully saturated rings. The topological polar surface area (TPSA) is 78.4 Å². The largest absolute Gasteiger partial charge is 0.391 e. The molecule has 1 saturated heterocycles. The van der Waals surface area contributed by atoms with E-state index in [4.69, 9.17) is 0 Å². The van der Waals surface area contributed by atoms with Crippen LogP contribution in [0.25, 0.3) is 0 Å². The van der Waals surface area contributed by atoms with Crippen LogP contribution >= 0.6 is 0 Å². The second kappa shape index (κ2) is 5.49. The second-order valence-corrected chi connectivity index (χ2v) is 5.06. The number of carbonyl (C=O) groups excluding carboxylic acids is 2. The average molecular weight is 240 g/mol. The van der Waals surface area contributed by atoms with E-state index in [0.717, 1.165) is 12.8 Å². The summed E-state index contributed by atoms with van der Waals surface area (Å²) >= 11 is 0. The van der Waals surface area contributed by atoms with Gasteiger partial charge in [-0.25, -0.2) is 0 Å².